The molecule has 0 fully saturated rings. The van der Waals surface area contributed by atoms with Crippen molar-refractivity contribution in [2.45, 2.75) is 26.4 Å². The Kier molecular flexibility index (Phi) is 4.00. The van der Waals surface area contributed by atoms with Gasteiger partial charge in [0.25, 0.3) is 0 Å². The molecule has 0 amide bonds. The highest BCUT2D eigenvalue weighted by Gasteiger charge is 2.04. The predicted molar refractivity (Wildman–Crippen MR) is 74.5 cm³/mol. The van der Waals surface area contributed by atoms with Gasteiger partial charge in [-0.2, -0.15) is 0 Å². The minimum absolute atomic E-state index is 0.270. The van der Waals surface area contributed by atoms with Crippen LogP contribution in [0.1, 0.15) is 29.7 Å². The van der Waals surface area contributed by atoms with E-state index in [1.807, 2.05) is 12.1 Å². The molecule has 0 aliphatic heterocycles. The van der Waals surface area contributed by atoms with Crippen molar-refractivity contribution in [3.63, 3.8) is 0 Å². The van der Waals surface area contributed by atoms with Gasteiger partial charge in [-0.15, -0.1) is 0 Å². The molecule has 0 spiro atoms. The molecule has 0 radical (unpaired) electrons. The minimum atomic E-state index is 0.270. The second-order valence-electron chi connectivity index (χ2n) is 4.68. The monoisotopic (exact) mass is 241 g/mol. The van der Waals surface area contributed by atoms with Crippen LogP contribution in [0.2, 0.25) is 0 Å². The highest BCUT2D eigenvalue weighted by Crippen LogP contribution is 2.16. The maximum Gasteiger partial charge on any atom is 0.115 e. The molecule has 2 aromatic rings. The zero-order valence-corrected chi connectivity index (χ0v) is 10.9. The quantitative estimate of drug-likeness (QED) is 0.858. The van der Waals surface area contributed by atoms with Gasteiger partial charge in [-0.05, 0) is 37.1 Å². The molecular formula is C16H19NO. The zero-order valence-electron chi connectivity index (χ0n) is 10.9. The molecule has 18 heavy (non-hydrogen) atoms. The average molecular weight is 241 g/mol. The summed E-state index contributed by atoms with van der Waals surface area (Å²) in [7, 11) is 0. The van der Waals surface area contributed by atoms with Crippen molar-refractivity contribution in [1.29, 1.82) is 0 Å². The van der Waals surface area contributed by atoms with Crippen molar-refractivity contribution in [2.24, 2.45) is 0 Å². The number of aromatic hydroxyl groups is 1. The Morgan fingerprint density at radius 2 is 1.61 bits per heavy atom. The molecule has 0 aliphatic rings. The largest absolute Gasteiger partial charge is 0.508 e. The molecule has 0 aliphatic carbocycles. The summed E-state index contributed by atoms with van der Waals surface area (Å²) in [5.74, 6) is 0.310. The fourth-order valence-corrected chi connectivity index (χ4v) is 1.86. The van der Waals surface area contributed by atoms with Crippen molar-refractivity contribution in [3.8, 4) is 5.75 Å². The molecule has 2 aromatic carbocycles. The number of phenols is 1. The maximum absolute atomic E-state index is 9.25. The first-order valence-corrected chi connectivity index (χ1v) is 6.23. The van der Waals surface area contributed by atoms with E-state index in [0.29, 0.717) is 5.75 Å². The molecule has 0 bridgehead atoms. The Morgan fingerprint density at radius 3 is 2.22 bits per heavy atom. The molecule has 0 heterocycles. The van der Waals surface area contributed by atoms with Crippen LogP contribution >= 0.6 is 0 Å². The van der Waals surface area contributed by atoms with E-state index < -0.39 is 0 Å². The standard InChI is InChI=1S/C16H19NO/c1-12-3-5-14(6-4-12)11-17-13(2)15-7-9-16(18)10-8-15/h3-10,13,17-18H,11H2,1-2H3. The third-order valence-corrected chi connectivity index (χ3v) is 3.13. The third kappa shape index (κ3) is 3.34. The van der Waals surface area contributed by atoms with Crippen LogP contribution in [-0.2, 0) is 6.54 Å². The Labute approximate surface area is 108 Å². The topological polar surface area (TPSA) is 32.3 Å². The average Bonchev–Trinajstić information content (AvgIpc) is 2.38. The summed E-state index contributed by atoms with van der Waals surface area (Å²) in [6.45, 7) is 5.07. The number of phenolic OH excluding ortho intramolecular Hbond substituents is 1. The Morgan fingerprint density at radius 1 is 1.00 bits per heavy atom. The van der Waals surface area contributed by atoms with Gasteiger partial charge < -0.3 is 10.4 Å². The van der Waals surface area contributed by atoms with Crippen molar-refractivity contribution in [2.75, 3.05) is 0 Å². The number of hydrogen-bond donors (Lipinski definition) is 2. The third-order valence-electron chi connectivity index (χ3n) is 3.13. The molecule has 0 aromatic heterocycles. The Balaban J connectivity index is 1.93. The van der Waals surface area contributed by atoms with E-state index >= 15 is 0 Å². The van der Waals surface area contributed by atoms with Crippen LogP contribution in [0, 0.1) is 6.92 Å². The van der Waals surface area contributed by atoms with Crippen LogP contribution in [-0.4, -0.2) is 5.11 Å². The summed E-state index contributed by atoms with van der Waals surface area (Å²) >= 11 is 0. The summed E-state index contributed by atoms with van der Waals surface area (Å²) in [6.07, 6.45) is 0. The van der Waals surface area contributed by atoms with Gasteiger partial charge in [0.15, 0.2) is 0 Å². The van der Waals surface area contributed by atoms with Crippen molar-refractivity contribution >= 4 is 0 Å². The van der Waals surface area contributed by atoms with E-state index in [-0.39, 0.29) is 6.04 Å². The lowest BCUT2D eigenvalue weighted by atomic mass is 10.1. The second-order valence-corrected chi connectivity index (χ2v) is 4.68. The summed E-state index contributed by atoms with van der Waals surface area (Å²) in [4.78, 5) is 0. The number of aryl methyl sites for hydroxylation is 1. The van der Waals surface area contributed by atoms with E-state index in [9.17, 15) is 5.11 Å². The predicted octanol–water partition coefficient (Wildman–Crippen LogP) is 3.55. The lowest BCUT2D eigenvalue weighted by Crippen LogP contribution is -2.17. The lowest BCUT2D eigenvalue weighted by molar-refractivity contribution is 0.474. The van der Waals surface area contributed by atoms with E-state index in [2.05, 4.69) is 43.4 Å². The molecule has 0 saturated carbocycles. The molecule has 0 saturated heterocycles. The smallest absolute Gasteiger partial charge is 0.115 e. The summed E-state index contributed by atoms with van der Waals surface area (Å²) in [5, 5.41) is 12.7. The fraction of sp³-hybridized carbons (Fsp3) is 0.250. The Hall–Kier alpha value is -1.80. The molecule has 2 rings (SSSR count). The molecule has 1 atom stereocenters. The number of rotatable bonds is 4. The van der Waals surface area contributed by atoms with Gasteiger partial charge in [-0.1, -0.05) is 42.0 Å². The molecule has 2 nitrogen and oxygen atoms in total. The van der Waals surface area contributed by atoms with E-state index in [0.717, 1.165) is 6.54 Å². The fourth-order valence-electron chi connectivity index (χ4n) is 1.86. The summed E-state index contributed by atoms with van der Waals surface area (Å²) < 4.78 is 0. The molecule has 2 heteroatoms. The first-order chi connectivity index (χ1) is 8.65. The van der Waals surface area contributed by atoms with E-state index in [1.165, 1.54) is 16.7 Å². The normalized spacial score (nSPS) is 12.3. The molecule has 2 N–H and O–H groups in total. The first-order valence-electron chi connectivity index (χ1n) is 6.23. The maximum atomic E-state index is 9.25. The van der Waals surface area contributed by atoms with Gasteiger partial charge in [-0.25, -0.2) is 0 Å². The van der Waals surface area contributed by atoms with Crippen molar-refractivity contribution in [1.82, 2.24) is 5.32 Å². The molecule has 94 valence electrons. The molecule has 1 unspecified atom stereocenters. The van der Waals surface area contributed by atoms with Gasteiger partial charge in [0.1, 0.15) is 5.75 Å². The van der Waals surface area contributed by atoms with Gasteiger partial charge in [0, 0.05) is 12.6 Å². The molecular weight excluding hydrogens is 222 g/mol. The Bertz CT molecular complexity index is 488. The first kappa shape index (κ1) is 12.7. The van der Waals surface area contributed by atoms with Crippen LogP contribution in [0.5, 0.6) is 5.75 Å². The summed E-state index contributed by atoms with van der Waals surface area (Å²) in [5.41, 5.74) is 3.75. The summed E-state index contributed by atoms with van der Waals surface area (Å²) in [6, 6.07) is 16.2. The van der Waals surface area contributed by atoms with Crippen LogP contribution in [0.15, 0.2) is 48.5 Å². The number of hydrogen-bond acceptors (Lipinski definition) is 2. The minimum Gasteiger partial charge on any atom is -0.508 e. The lowest BCUT2D eigenvalue weighted by Gasteiger charge is -2.14. The highest BCUT2D eigenvalue weighted by atomic mass is 16.3. The van der Waals surface area contributed by atoms with E-state index in [1.54, 1.807) is 12.1 Å². The van der Waals surface area contributed by atoms with Gasteiger partial charge in [0.2, 0.25) is 0 Å². The van der Waals surface area contributed by atoms with Crippen molar-refractivity contribution in [3.05, 3.63) is 65.2 Å². The van der Waals surface area contributed by atoms with Gasteiger partial charge in [0.05, 0.1) is 0 Å². The van der Waals surface area contributed by atoms with Gasteiger partial charge >= 0.3 is 0 Å². The second kappa shape index (κ2) is 5.69. The van der Waals surface area contributed by atoms with Gasteiger partial charge in [-0.3, -0.25) is 0 Å². The van der Waals surface area contributed by atoms with E-state index in [4.69, 9.17) is 0 Å². The van der Waals surface area contributed by atoms with Crippen molar-refractivity contribution < 1.29 is 5.11 Å². The van der Waals surface area contributed by atoms with Crippen LogP contribution in [0.3, 0.4) is 0 Å². The number of benzene rings is 2. The number of nitrogens with one attached hydrogen (secondary N) is 1. The SMILES string of the molecule is Cc1ccc(CNC(C)c2ccc(O)cc2)cc1. The van der Waals surface area contributed by atoms with Crippen LogP contribution < -0.4 is 5.32 Å². The van der Waals surface area contributed by atoms with Crippen LogP contribution in [0.25, 0.3) is 0 Å². The zero-order chi connectivity index (χ0) is 13.0. The highest BCUT2D eigenvalue weighted by molar-refractivity contribution is 5.28. The van der Waals surface area contributed by atoms with Crippen LogP contribution in [0.4, 0.5) is 0 Å².